The van der Waals surface area contributed by atoms with Gasteiger partial charge in [-0.3, -0.25) is 0 Å². The molecule has 1 aromatic rings. The predicted octanol–water partition coefficient (Wildman–Crippen LogP) is 2.41. The average molecular weight is 177 g/mol. The molecule has 2 nitrogen and oxygen atoms in total. The van der Waals surface area contributed by atoms with E-state index in [-0.39, 0.29) is 0 Å². The topological polar surface area (TPSA) is 37.3 Å². The summed E-state index contributed by atoms with van der Waals surface area (Å²) in [5.74, 6) is -0.916. The Kier molecular flexibility index (Phi) is 1.97. The molecule has 0 aliphatic carbocycles. The Bertz CT molecular complexity index is 267. The van der Waals surface area contributed by atoms with Crippen LogP contribution in [-0.2, 0) is 0 Å². The van der Waals surface area contributed by atoms with Crippen molar-refractivity contribution in [3.8, 4) is 0 Å². The highest BCUT2D eigenvalue weighted by molar-refractivity contribution is 7.14. The molecule has 0 saturated carbocycles. The van der Waals surface area contributed by atoms with Crippen LogP contribution < -0.4 is 0 Å². The Hall–Kier alpha value is -0.540. The zero-order valence-corrected chi connectivity index (χ0v) is 6.79. The summed E-state index contributed by atoms with van der Waals surface area (Å²) in [6, 6.07) is 0. The van der Waals surface area contributed by atoms with E-state index < -0.39 is 5.97 Å². The van der Waals surface area contributed by atoms with E-state index in [1.54, 1.807) is 12.3 Å². The molecule has 54 valence electrons. The molecule has 0 unspecified atom stereocenters. The minimum Gasteiger partial charge on any atom is -0.478 e. The summed E-state index contributed by atoms with van der Waals surface area (Å²) in [5.41, 5.74) is 0.953. The molecular weight excluding hydrogens is 172 g/mol. The van der Waals surface area contributed by atoms with Crippen molar-refractivity contribution < 1.29 is 9.90 Å². The standard InChI is InChI=1S/C6H5ClO2S/c1-3-4(6(8)9)2-10-5(3)7/h2H,1H3,(H,8,9). The Morgan fingerprint density at radius 1 is 1.80 bits per heavy atom. The van der Waals surface area contributed by atoms with Gasteiger partial charge in [0.05, 0.1) is 9.90 Å². The van der Waals surface area contributed by atoms with Crippen LogP contribution in [0.25, 0.3) is 0 Å². The summed E-state index contributed by atoms with van der Waals surface area (Å²) >= 11 is 6.87. The van der Waals surface area contributed by atoms with Crippen LogP contribution in [0.2, 0.25) is 4.34 Å². The fraction of sp³-hybridized carbons (Fsp3) is 0.167. The van der Waals surface area contributed by atoms with Crippen LogP contribution in [0.1, 0.15) is 15.9 Å². The lowest BCUT2D eigenvalue weighted by Gasteiger charge is -1.88. The van der Waals surface area contributed by atoms with Crippen molar-refractivity contribution in [3.05, 3.63) is 20.8 Å². The summed E-state index contributed by atoms with van der Waals surface area (Å²) < 4.78 is 0.553. The van der Waals surface area contributed by atoms with Crippen molar-refractivity contribution in [2.45, 2.75) is 6.92 Å². The lowest BCUT2D eigenvalue weighted by Crippen LogP contribution is -1.95. The van der Waals surface area contributed by atoms with Crippen LogP contribution in [0.4, 0.5) is 0 Å². The van der Waals surface area contributed by atoms with Crippen molar-refractivity contribution in [1.82, 2.24) is 0 Å². The molecule has 10 heavy (non-hydrogen) atoms. The number of hydrogen-bond donors (Lipinski definition) is 1. The maximum absolute atomic E-state index is 10.4. The summed E-state index contributed by atoms with van der Waals surface area (Å²) in [5, 5.41) is 10.1. The number of hydrogen-bond acceptors (Lipinski definition) is 2. The second-order valence-electron chi connectivity index (χ2n) is 1.85. The summed E-state index contributed by atoms with van der Waals surface area (Å²) in [6.45, 7) is 1.70. The number of carboxylic acids is 1. The molecule has 0 aromatic carbocycles. The quantitative estimate of drug-likeness (QED) is 0.714. The monoisotopic (exact) mass is 176 g/mol. The van der Waals surface area contributed by atoms with Gasteiger partial charge in [0.1, 0.15) is 0 Å². The third kappa shape index (κ3) is 1.15. The smallest absolute Gasteiger partial charge is 0.336 e. The molecule has 0 spiro atoms. The minimum atomic E-state index is -0.916. The maximum atomic E-state index is 10.4. The normalized spacial score (nSPS) is 9.80. The Morgan fingerprint density at radius 3 is 2.60 bits per heavy atom. The highest BCUT2D eigenvalue weighted by Gasteiger charge is 2.10. The lowest BCUT2D eigenvalue weighted by molar-refractivity contribution is 0.0697. The SMILES string of the molecule is Cc1c(C(=O)O)csc1Cl. The predicted molar refractivity (Wildman–Crippen MR) is 41.0 cm³/mol. The van der Waals surface area contributed by atoms with Gasteiger partial charge in [-0.2, -0.15) is 0 Å². The highest BCUT2D eigenvalue weighted by Crippen LogP contribution is 2.26. The van der Waals surface area contributed by atoms with E-state index in [0.717, 1.165) is 0 Å². The van der Waals surface area contributed by atoms with Crippen molar-refractivity contribution in [1.29, 1.82) is 0 Å². The largest absolute Gasteiger partial charge is 0.478 e. The van der Waals surface area contributed by atoms with Gasteiger partial charge in [-0.15, -0.1) is 11.3 Å². The number of halogens is 1. The first-order valence-electron chi connectivity index (χ1n) is 2.60. The van der Waals surface area contributed by atoms with E-state index in [4.69, 9.17) is 16.7 Å². The van der Waals surface area contributed by atoms with Gasteiger partial charge in [0, 0.05) is 5.38 Å². The maximum Gasteiger partial charge on any atom is 0.336 e. The van der Waals surface area contributed by atoms with Crippen molar-refractivity contribution >= 4 is 28.9 Å². The summed E-state index contributed by atoms with van der Waals surface area (Å²) in [7, 11) is 0. The van der Waals surface area contributed by atoms with Gasteiger partial charge in [-0.25, -0.2) is 4.79 Å². The first-order valence-corrected chi connectivity index (χ1v) is 3.85. The number of rotatable bonds is 1. The van der Waals surface area contributed by atoms with E-state index in [1.165, 1.54) is 11.3 Å². The van der Waals surface area contributed by atoms with Crippen LogP contribution in [0.3, 0.4) is 0 Å². The van der Waals surface area contributed by atoms with Crippen molar-refractivity contribution in [2.75, 3.05) is 0 Å². The molecule has 0 saturated heterocycles. The van der Waals surface area contributed by atoms with Crippen molar-refractivity contribution in [3.63, 3.8) is 0 Å². The molecule has 1 aromatic heterocycles. The van der Waals surface area contributed by atoms with Crippen LogP contribution in [0.5, 0.6) is 0 Å². The lowest BCUT2D eigenvalue weighted by atomic mass is 10.2. The van der Waals surface area contributed by atoms with E-state index in [0.29, 0.717) is 15.5 Å². The molecule has 4 heteroatoms. The Balaban J connectivity index is 3.17. The van der Waals surface area contributed by atoms with E-state index in [9.17, 15) is 4.79 Å². The van der Waals surface area contributed by atoms with Gasteiger partial charge in [0.25, 0.3) is 0 Å². The van der Waals surface area contributed by atoms with E-state index in [2.05, 4.69) is 0 Å². The molecule has 0 amide bonds. The fourth-order valence-electron chi connectivity index (χ4n) is 0.604. The van der Waals surface area contributed by atoms with Crippen molar-refractivity contribution in [2.24, 2.45) is 0 Å². The van der Waals surface area contributed by atoms with E-state index >= 15 is 0 Å². The third-order valence-electron chi connectivity index (χ3n) is 1.21. The minimum absolute atomic E-state index is 0.301. The number of carbonyl (C=O) groups is 1. The molecule has 1 heterocycles. The molecule has 0 aliphatic heterocycles. The zero-order chi connectivity index (χ0) is 7.72. The Morgan fingerprint density at radius 2 is 2.40 bits per heavy atom. The second kappa shape index (κ2) is 2.60. The molecule has 0 radical (unpaired) electrons. The van der Waals surface area contributed by atoms with Gasteiger partial charge >= 0.3 is 5.97 Å². The van der Waals surface area contributed by atoms with Gasteiger partial charge in [0.15, 0.2) is 0 Å². The average Bonchev–Trinajstić information content (AvgIpc) is 2.14. The van der Waals surface area contributed by atoms with Gasteiger partial charge < -0.3 is 5.11 Å². The summed E-state index contributed by atoms with van der Waals surface area (Å²) in [4.78, 5) is 10.4. The van der Waals surface area contributed by atoms with Crippen LogP contribution in [-0.4, -0.2) is 11.1 Å². The molecular formula is C6H5ClO2S. The van der Waals surface area contributed by atoms with Crippen LogP contribution in [0, 0.1) is 6.92 Å². The molecule has 0 aliphatic rings. The highest BCUT2D eigenvalue weighted by atomic mass is 35.5. The molecule has 0 atom stereocenters. The molecule has 0 fully saturated rings. The van der Waals surface area contributed by atoms with Crippen LogP contribution >= 0.6 is 22.9 Å². The molecule has 1 rings (SSSR count). The van der Waals surface area contributed by atoms with E-state index in [1.807, 2.05) is 0 Å². The van der Waals surface area contributed by atoms with Gasteiger partial charge in [-0.05, 0) is 12.5 Å². The second-order valence-corrected chi connectivity index (χ2v) is 3.33. The first-order chi connectivity index (χ1) is 4.63. The molecule has 0 bridgehead atoms. The molecule has 1 N–H and O–H groups in total. The third-order valence-corrected chi connectivity index (χ3v) is 2.63. The summed E-state index contributed by atoms with van der Waals surface area (Å²) in [6.07, 6.45) is 0. The van der Waals surface area contributed by atoms with Gasteiger partial charge in [-0.1, -0.05) is 11.6 Å². The van der Waals surface area contributed by atoms with Crippen LogP contribution in [0.15, 0.2) is 5.38 Å². The first kappa shape index (κ1) is 7.57. The number of aromatic carboxylic acids is 1. The fourth-order valence-corrected chi connectivity index (χ4v) is 1.63. The number of carboxylic acid groups (broad SMARTS) is 1. The van der Waals surface area contributed by atoms with Gasteiger partial charge in [0.2, 0.25) is 0 Å². The number of thiophene rings is 1. The Labute approximate surface area is 67.1 Å². The zero-order valence-electron chi connectivity index (χ0n) is 5.22.